The topological polar surface area (TPSA) is 96.2 Å². The predicted octanol–water partition coefficient (Wildman–Crippen LogP) is 3.36. The maximum Gasteiger partial charge on any atom is 0.255 e. The van der Waals surface area contributed by atoms with Gasteiger partial charge in [-0.25, -0.2) is 0 Å². The van der Waals surface area contributed by atoms with Gasteiger partial charge in [-0.15, -0.1) is 24.4 Å². The Labute approximate surface area is 180 Å². The Hall–Kier alpha value is -2.00. The van der Waals surface area contributed by atoms with Crippen LogP contribution in [0, 0.1) is 0 Å². The van der Waals surface area contributed by atoms with Crippen LogP contribution in [0.4, 0.5) is 11.4 Å². The van der Waals surface area contributed by atoms with Gasteiger partial charge in [-0.3, -0.25) is 9.59 Å². The molecule has 0 aliphatic carbocycles. The van der Waals surface area contributed by atoms with Crippen molar-refractivity contribution in [3.05, 3.63) is 48.0 Å². The van der Waals surface area contributed by atoms with E-state index in [-0.39, 0.29) is 17.1 Å². The summed E-state index contributed by atoms with van der Waals surface area (Å²) in [6, 6.07) is 13.0. The molecule has 1 unspecified atom stereocenters. The second-order valence-electron chi connectivity index (χ2n) is 7.05. The van der Waals surface area contributed by atoms with Gasteiger partial charge in [-0.05, 0) is 69.3 Å². The molecule has 8 heteroatoms. The highest BCUT2D eigenvalue weighted by atomic mass is 32.2. The van der Waals surface area contributed by atoms with Crippen LogP contribution in [0.15, 0.2) is 52.3 Å². The van der Waals surface area contributed by atoms with Gasteiger partial charge in [0.2, 0.25) is 5.91 Å². The van der Waals surface area contributed by atoms with Gasteiger partial charge in [0.05, 0.1) is 10.9 Å². The number of thioether (sulfide) groups is 1. The lowest BCUT2D eigenvalue weighted by Gasteiger charge is -2.21. The van der Waals surface area contributed by atoms with Crippen molar-refractivity contribution in [3.8, 4) is 0 Å². The first-order valence-corrected chi connectivity index (χ1v) is 10.9. The number of amides is 2. The molecule has 5 N–H and O–H groups in total. The summed E-state index contributed by atoms with van der Waals surface area (Å²) in [5, 5.41) is 8.76. The fourth-order valence-corrected chi connectivity index (χ4v) is 4.14. The van der Waals surface area contributed by atoms with Crippen molar-refractivity contribution < 1.29 is 9.59 Å². The maximum atomic E-state index is 12.3. The molecule has 1 atom stereocenters. The average molecular weight is 431 g/mol. The van der Waals surface area contributed by atoms with E-state index in [9.17, 15) is 9.59 Å². The summed E-state index contributed by atoms with van der Waals surface area (Å²) in [7, 11) is 0. The highest BCUT2D eigenvalue weighted by Crippen LogP contribution is 2.36. The van der Waals surface area contributed by atoms with E-state index in [1.54, 1.807) is 24.3 Å². The van der Waals surface area contributed by atoms with Crippen LogP contribution in [0.25, 0.3) is 0 Å². The third-order valence-electron chi connectivity index (χ3n) is 4.66. The minimum Gasteiger partial charge on any atom is -0.328 e. The van der Waals surface area contributed by atoms with Crippen LogP contribution < -0.4 is 21.7 Å². The van der Waals surface area contributed by atoms with E-state index in [2.05, 4.69) is 28.6 Å². The molecule has 0 bridgehead atoms. The van der Waals surface area contributed by atoms with E-state index in [4.69, 9.17) is 5.73 Å². The largest absolute Gasteiger partial charge is 0.328 e. The van der Waals surface area contributed by atoms with Crippen LogP contribution in [0.1, 0.15) is 30.1 Å². The molecule has 0 saturated carbocycles. The number of carbonyl (C=O) groups excluding carboxylic acids is 2. The molecule has 6 nitrogen and oxygen atoms in total. The number of anilines is 2. The van der Waals surface area contributed by atoms with Gasteiger partial charge in [0, 0.05) is 27.1 Å². The number of hydrogen-bond acceptors (Lipinski definition) is 6. The third-order valence-corrected chi connectivity index (χ3v) is 6.12. The summed E-state index contributed by atoms with van der Waals surface area (Å²) in [6.07, 6.45) is 2.31. The van der Waals surface area contributed by atoms with Crippen LogP contribution in [0.2, 0.25) is 0 Å². The number of fused-ring (bicyclic) bond motifs is 1. The molecule has 2 aliphatic rings. The fraction of sp³-hybridized carbons (Fsp3) is 0.333. The van der Waals surface area contributed by atoms with Crippen molar-refractivity contribution in [2.24, 2.45) is 5.73 Å². The van der Waals surface area contributed by atoms with Gasteiger partial charge in [-0.2, -0.15) is 0 Å². The molecule has 4 rings (SSSR count). The first kappa shape index (κ1) is 21.7. The van der Waals surface area contributed by atoms with Gasteiger partial charge in [0.25, 0.3) is 5.91 Å². The summed E-state index contributed by atoms with van der Waals surface area (Å²) < 4.78 is 0. The molecule has 2 aromatic rings. The summed E-state index contributed by atoms with van der Waals surface area (Å²) >= 11 is 5.74. The number of carbonyl (C=O) groups is 2. The molecule has 29 heavy (non-hydrogen) atoms. The molecule has 2 amide bonds. The monoisotopic (exact) mass is 430 g/mol. The summed E-state index contributed by atoms with van der Waals surface area (Å²) in [5.74, 6) is -0.266. The Bertz CT molecular complexity index is 885. The average Bonchev–Trinajstić information content (AvgIpc) is 2.69. The lowest BCUT2D eigenvalue weighted by atomic mass is 10.1. The summed E-state index contributed by atoms with van der Waals surface area (Å²) in [6.45, 7) is 4.08. The van der Waals surface area contributed by atoms with Crippen molar-refractivity contribution >= 4 is 47.6 Å². The quantitative estimate of drug-likeness (QED) is 0.471. The van der Waals surface area contributed by atoms with Gasteiger partial charge in [-0.1, -0.05) is 6.07 Å². The third kappa shape index (κ3) is 6.24. The van der Waals surface area contributed by atoms with E-state index in [1.807, 2.05) is 25.1 Å². The van der Waals surface area contributed by atoms with Gasteiger partial charge >= 0.3 is 0 Å². The summed E-state index contributed by atoms with van der Waals surface area (Å²) in [4.78, 5) is 25.8. The molecule has 1 fully saturated rings. The van der Waals surface area contributed by atoms with Gasteiger partial charge in [0.1, 0.15) is 0 Å². The molecular weight excluding hydrogens is 404 g/mol. The second kappa shape index (κ2) is 10.2. The number of nitrogens with one attached hydrogen (secondary N) is 3. The molecule has 2 aromatic carbocycles. The van der Waals surface area contributed by atoms with E-state index in [0.29, 0.717) is 23.0 Å². The minimum atomic E-state index is -0.223. The Morgan fingerprint density at radius 3 is 2.62 bits per heavy atom. The fourth-order valence-electron chi connectivity index (χ4n) is 2.98. The Kier molecular flexibility index (Phi) is 7.60. The molecule has 2 heterocycles. The lowest BCUT2D eigenvalue weighted by molar-refractivity contribution is -0.115. The number of benzene rings is 2. The minimum absolute atomic E-state index is 0.0437. The normalized spacial score (nSPS) is 18.7. The molecule has 154 valence electrons. The van der Waals surface area contributed by atoms with Crippen LogP contribution in [-0.4, -0.2) is 36.2 Å². The van der Waals surface area contributed by atoms with Crippen LogP contribution in [0.3, 0.4) is 0 Å². The Morgan fingerprint density at radius 2 is 1.97 bits per heavy atom. The number of thiol groups is 1. The molecule has 2 aliphatic heterocycles. The zero-order valence-corrected chi connectivity index (χ0v) is 18.0. The first-order valence-electron chi connectivity index (χ1n) is 9.60. The standard InChI is InChI=1S/C16H14N2O2S2.C5H12N2/c1-9-15(19)18-13-7-10(5-6-14(13)22-9)16(20)17-11-3-2-4-12(21)8-11;6-5-1-3-7-4-2-5/h2-9,21H,1H3,(H,17,20)(H,18,19);5,7H,1-4,6H2. The van der Waals surface area contributed by atoms with Crippen LogP contribution in [0.5, 0.6) is 0 Å². The van der Waals surface area contributed by atoms with Crippen molar-refractivity contribution in [2.45, 2.75) is 40.8 Å². The number of piperidine rings is 1. The molecule has 1 saturated heterocycles. The van der Waals surface area contributed by atoms with Crippen molar-refractivity contribution in [2.75, 3.05) is 23.7 Å². The van der Waals surface area contributed by atoms with E-state index < -0.39 is 0 Å². The second-order valence-corrected chi connectivity index (χ2v) is 8.95. The van der Waals surface area contributed by atoms with Crippen molar-refractivity contribution in [3.63, 3.8) is 0 Å². The first-order chi connectivity index (χ1) is 13.9. The maximum absolute atomic E-state index is 12.3. The predicted molar refractivity (Wildman–Crippen MR) is 122 cm³/mol. The lowest BCUT2D eigenvalue weighted by Crippen LogP contribution is -2.35. The van der Waals surface area contributed by atoms with E-state index in [0.717, 1.165) is 35.7 Å². The van der Waals surface area contributed by atoms with Gasteiger partial charge < -0.3 is 21.7 Å². The highest BCUT2D eigenvalue weighted by molar-refractivity contribution is 8.00. The smallest absolute Gasteiger partial charge is 0.255 e. The Balaban J connectivity index is 0.000000290. The Morgan fingerprint density at radius 1 is 1.21 bits per heavy atom. The number of rotatable bonds is 2. The van der Waals surface area contributed by atoms with Crippen molar-refractivity contribution in [1.29, 1.82) is 0 Å². The molecule has 0 radical (unpaired) electrons. The van der Waals surface area contributed by atoms with E-state index in [1.165, 1.54) is 11.8 Å². The number of hydrogen-bond donors (Lipinski definition) is 5. The van der Waals surface area contributed by atoms with Crippen LogP contribution in [-0.2, 0) is 4.79 Å². The SMILES string of the molecule is CC1Sc2ccc(C(=O)Nc3cccc(S)c3)cc2NC1=O.NC1CCNCC1. The van der Waals surface area contributed by atoms with Gasteiger partial charge in [0.15, 0.2) is 0 Å². The van der Waals surface area contributed by atoms with E-state index >= 15 is 0 Å². The zero-order valence-electron chi connectivity index (χ0n) is 16.3. The highest BCUT2D eigenvalue weighted by Gasteiger charge is 2.23. The zero-order chi connectivity index (χ0) is 20.8. The van der Waals surface area contributed by atoms with Crippen molar-refractivity contribution in [1.82, 2.24) is 5.32 Å². The molecular formula is C21H26N4O2S2. The number of nitrogens with two attached hydrogens (primary N) is 1. The molecule has 0 spiro atoms. The summed E-state index contributed by atoms with van der Waals surface area (Å²) in [5.41, 5.74) is 7.46. The van der Waals surface area contributed by atoms with Crippen LogP contribution >= 0.6 is 24.4 Å². The molecule has 0 aromatic heterocycles.